The van der Waals surface area contributed by atoms with Crippen LogP contribution in [0.2, 0.25) is 0 Å². The maximum Gasteiger partial charge on any atom is 1.00 e. The first kappa shape index (κ1) is 24.2. The van der Waals surface area contributed by atoms with Crippen LogP contribution in [0.1, 0.15) is 30.9 Å². The predicted octanol–water partition coefficient (Wildman–Crippen LogP) is 1.62. The third kappa shape index (κ3) is 7.67. The molecular formula is C26H30LiNO2. The summed E-state index contributed by atoms with van der Waals surface area (Å²) in [7, 11) is 0. The van der Waals surface area contributed by atoms with E-state index in [2.05, 4.69) is 29.2 Å². The third-order valence-corrected chi connectivity index (χ3v) is 5.16. The van der Waals surface area contributed by atoms with Gasteiger partial charge in [-0.2, -0.15) is 0 Å². The summed E-state index contributed by atoms with van der Waals surface area (Å²) in [5, 5.41) is 12.8. The minimum absolute atomic E-state index is 0. The van der Waals surface area contributed by atoms with E-state index < -0.39 is 0 Å². The molecule has 0 radical (unpaired) electrons. The summed E-state index contributed by atoms with van der Waals surface area (Å²) in [6.45, 7) is 5.51. The van der Waals surface area contributed by atoms with E-state index in [4.69, 9.17) is 4.74 Å². The van der Waals surface area contributed by atoms with Gasteiger partial charge < -0.3 is 9.84 Å². The van der Waals surface area contributed by atoms with E-state index in [1.54, 1.807) is 0 Å². The number of nitrogens with zero attached hydrogens (tertiary/aromatic N) is 1. The fraction of sp³-hybridized carbons (Fsp3) is 0.308. The molecule has 0 aromatic heterocycles. The second kappa shape index (κ2) is 13.3. The first-order valence-corrected chi connectivity index (χ1v) is 10.4. The molecule has 1 heterocycles. The molecule has 0 amide bonds. The van der Waals surface area contributed by atoms with Gasteiger partial charge in [-0.15, -0.1) is 5.76 Å². The zero-order valence-corrected chi connectivity index (χ0v) is 18.2. The molecule has 30 heavy (non-hydrogen) atoms. The molecule has 4 heteroatoms. The molecule has 3 nitrogen and oxygen atoms in total. The summed E-state index contributed by atoms with van der Waals surface area (Å²) >= 11 is 0. The van der Waals surface area contributed by atoms with Crippen molar-refractivity contribution in [3.05, 3.63) is 107 Å². The van der Waals surface area contributed by atoms with Crippen molar-refractivity contribution < 1.29 is 28.7 Å². The Labute approximate surface area is 192 Å². The Morgan fingerprint density at radius 1 is 0.867 bits per heavy atom. The Hall–Kier alpha value is -2.02. The number of allylic oxidation sites excluding steroid dienone is 5. The first-order valence-electron chi connectivity index (χ1n) is 10.4. The fourth-order valence-electron chi connectivity index (χ4n) is 3.42. The minimum atomic E-state index is -0.173. The van der Waals surface area contributed by atoms with Crippen LogP contribution in [-0.4, -0.2) is 24.2 Å². The average molecular weight is 395 g/mol. The monoisotopic (exact) mass is 395 g/mol. The summed E-state index contributed by atoms with van der Waals surface area (Å²) in [5.74, 6) is 0.173. The van der Waals surface area contributed by atoms with Crippen LogP contribution in [0.25, 0.3) is 0 Å². The van der Waals surface area contributed by atoms with E-state index in [-0.39, 0.29) is 30.7 Å². The molecule has 1 atom stereocenters. The van der Waals surface area contributed by atoms with E-state index in [0.717, 1.165) is 31.9 Å². The minimum Gasteiger partial charge on any atom is -0.874 e. The van der Waals surface area contributed by atoms with Crippen LogP contribution in [-0.2, 0) is 17.8 Å². The third-order valence-electron chi connectivity index (χ3n) is 5.16. The summed E-state index contributed by atoms with van der Waals surface area (Å²) in [5.41, 5.74) is 3.22. The zero-order chi connectivity index (χ0) is 20.3. The summed E-state index contributed by atoms with van der Waals surface area (Å²) in [6.07, 6.45) is 10.2. The molecule has 0 spiro atoms. The van der Waals surface area contributed by atoms with Gasteiger partial charge >= 0.3 is 18.9 Å². The molecular weight excluding hydrogens is 365 g/mol. The molecule has 4 rings (SSSR count). The maximum absolute atomic E-state index is 12.8. The summed E-state index contributed by atoms with van der Waals surface area (Å²) in [4.78, 5) is 2.24. The van der Waals surface area contributed by atoms with Crippen LogP contribution in [0.5, 0.6) is 0 Å². The Balaban J connectivity index is 0.000000468. The van der Waals surface area contributed by atoms with Crippen LogP contribution in [0.15, 0.2) is 96.3 Å². The molecule has 1 aliphatic carbocycles. The average Bonchev–Trinajstić information content (AvgIpc) is 3.51. The van der Waals surface area contributed by atoms with Gasteiger partial charge in [-0.25, -0.2) is 0 Å². The Bertz CT molecular complexity index is 764. The number of rotatable bonds is 6. The van der Waals surface area contributed by atoms with Crippen LogP contribution < -0.4 is 24.0 Å². The van der Waals surface area contributed by atoms with E-state index in [1.807, 2.05) is 67.6 Å². The molecule has 1 aliphatic heterocycles. The normalized spacial score (nSPS) is 15.5. The molecule has 152 valence electrons. The number of ether oxygens (including phenoxy) is 1. The molecule has 2 aromatic carbocycles. The van der Waals surface area contributed by atoms with Gasteiger partial charge in [-0.1, -0.05) is 85.0 Å². The molecule has 0 bridgehead atoms. The van der Waals surface area contributed by atoms with Crippen LogP contribution in [0.3, 0.4) is 0 Å². The summed E-state index contributed by atoms with van der Waals surface area (Å²) < 4.78 is 4.94. The van der Waals surface area contributed by atoms with Gasteiger partial charge in [0.05, 0.1) is 0 Å². The van der Waals surface area contributed by atoms with Gasteiger partial charge in [-0.3, -0.25) is 4.90 Å². The number of hydrogen-bond acceptors (Lipinski definition) is 3. The van der Waals surface area contributed by atoms with Crippen molar-refractivity contribution in [1.82, 2.24) is 4.90 Å². The van der Waals surface area contributed by atoms with Crippen molar-refractivity contribution in [1.29, 1.82) is 0 Å². The number of benzene rings is 2. The number of hydrogen-bond donors (Lipinski definition) is 0. The Morgan fingerprint density at radius 2 is 1.33 bits per heavy atom. The molecule has 0 unspecified atom stereocenters. The van der Waals surface area contributed by atoms with Crippen molar-refractivity contribution in [2.45, 2.75) is 38.9 Å². The van der Waals surface area contributed by atoms with Gasteiger partial charge in [0.1, 0.15) is 0 Å². The van der Waals surface area contributed by atoms with Crippen LogP contribution >= 0.6 is 0 Å². The van der Waals surface area contributed by atoms with Crippen molar-refractivity contribution >= 4 is 0 Å². The summed E-state index contributed by atoms with van der Waals surface area (Å²) in [6, 6.07) is 20.5. The largest absolute Gasteiger partial charge is 1.00 e. The second-order valence-corrected chi connectivity index (χ2v) is 7.41. The SMILES string of the molecule is C1CCOC1.C[C@@H](C([O-])=C1C=CC=C1)N(Cc1ccccc1)Cc1ccccc1.[Li+]. The smallest absolute Gasteiger partial charge is 0.874 e. The Kier molecular flexibility index (Phi) is 10.8. The van der Waals surface area contributed by atoms with E-state index in [1.165, 1.54) is 24.0 Å². The van der Waals surface area contributed by atoms with E-state index in [0.29, 0.717) is 0 Å². The van der Waals surface area contributed by atoms with Gasteiger partial charge in [-0.05, 0) is 36.5 Å². The van der Waals surface area contributed by atoms with Crippen molar-refractivity contribution in [2.75, 3.05) is 13.2 Å². The predicted molar refractivity (Wildman–Crippen MR) is 117 cm³/mol. The first-order chi connectivity index (χ1) is 14.2. The van der Waals surface area contributed by atoms with Gasteiger partial charge in [0, 0.05) is 32.3 Å². The zero-order valence-electron chi connectivity index (χ0n) is 18.2. The molecule has 2 aromatic rings. The van der Waals surface area contributed by atoms with Crippen molar-refractivity contribution in [3.63, 3.8) is 0 Å². The molecule has 1 fully saturated rings. The van der Waals surface area contributed by atoms with Crippen LogP contribution in [0, 0.1) is 0 Å². The topological polar surface area (TPSA) is 35.5 Å². The van der Waals surface area contributed by atoms with Gasteiger partial charge in [0.25, 0.3) is 0 Å². The Morgan fingerprint density at radius 3 is 1.73 bits per heavy atom. The van der Waals surface area contributed by atoms with Crippen molar-refractivity contribution in [2.24, 2.45) is 0 Å². The molecule has 2 aliphatic rings. The van der Waals surface area contributed by atoms with Gasteiger partial charge in [0.15, 0.2) is 0 Å². The van der Waals surface area contributed by atoms with Crippen LogP contribution in [0.4, 0.5) is 0 Å². The molecule has 0 N–H and O–H groups in total. The van der Waals surface area contributed by atoms with E-state index in [9.17, 15) is 5.11 Å². The standard InChI is InChI=1S/C22H23NO.C4H8O.Li/c1-18(22(24)21-14-8-9-15-21)23(16-19-10-4-2-5-11-19)17-20-12-6-3-7-13-20;1-2-4-5-3-1;/h2-15,18,24H,16-17H2,1H3;1-4H2;/q;;+1/p-1/t18-;;/m0../s1. The van der Waals surface area contributed by atoms with Gasteiger partial charge in [0.2, 0.25) is 0 Å². The fourth-order valence-corrected chi connectivity index (χ4v) is 3.42. The van der Waals surface area contributed by atoms with E-state index >= 15 is 0 Å². The van der Waals surface area contributed by atoms with Crippen molar-refractivity contribution in [3.8, 4) is 0 Å². The maximum atomic E-state index is 12.8. The quantitative estimate of drug-likeness (QED) is 0.551. The molecule has 0 saturated carbocycles. The molecule has 1 saturated heterocycles. The second-order valence-electron chi connectivity index (χ2n) is 7.41.